The van der Waals surface area contributed by atoms with E-state index in [0.717, 1.165) is 36.4 Å². The second-order valence-corrected chi connectivity index (χ2v) is 7.20. The number of likely N-dealkylation sites (tertiary alicyclic amines) is 1. The average molecular weight is 380 g/mol. The number of piperidine rings is 1. The minimum atomic E-state index is -0.278. The maximum atomic E-state index is 11.9. The van der Waals surface area contributed by atoms with Gasteiger partial charge in [0.25, 0.3) is 5.91 Å². The molecule has 0 saturated carbocycles. The SMILES string of the molecule is Cc1ccc(NC(=O)CO/N=C(\N)c2cccc(CN3CCCCC3)c2)cc1. The highest BCUT2D eigenvalue weighted by Gasteiger charge is 2.11. The molecule has 0 atom stereocenters. The van der Waals surface area contributed by atoms with E-state index in [1.807, 2.05) is 49.4 Å². The zero-order chi connectivity index (χ0) is 19.8. The van der Waals surface area contributed by atoms with Gasteiger partial charge < -0.3 is 15.9 Å². The first-order chi connectivity index (χ1) is 13.6. The van der Waals surface area contributed by atoms with Gasteiger partial charge >= 0.3 is 0 Å². The zero-order valence-electron chi connectivity index (χ0n) is 16.4. The third kappa shape index (κ3) is 6.09. The summed E-state index contributed by atoms with van der Waals surface area (Å²) in [5, 5.41) is 6.66. The number of aryl methyl sites for hydroxylation is 1. The van der Waals surface area contributed by atoms with E-state index in [2.05, 4.69) is 21.4 Å². The van der Waals surface area contributed by atoms with Crippen molar-refractivity contribution in [3.05, 3.63) is 65.2 Å². The van der Waals surface area contributed by atoms with E-state index < -0.39 is 0 Å². The Morgan fingerprint density at radius 3 is 2.64 bits per heavy atom. The van der Waals surface area contributed by atoms with Crippen molar-refractivity contribution < 1.29 is 9.63 Å². The van der Waals surface area contributed by atoms with Crippen LogP contribution in [0.2, 0.25) is 0 Å². The van der Waals surface area contributed by atoms with Gasteiger partial charge in [0.05, 0.1) is 0 Å². The summed E-state index contributed by atoms with van der Waals surface area (Å²) in [6, 6.07) is 15.6. The van der Waals surface area contributed by atoms with E-state index in [1.54, 1.807) is 0 Å². The summed E-state index contributed by atoms with van der Waals surface area (Å²) in [6.45, 7) is 5.01. The van der Waals surface area contributed by atoms with Gasteiger partial charge in [0.1, 0.15) is 0 Å². The Hall–Kier alpha value is -2.86. The molecule has 0 spiro atoms. The van der Waals surface area contributed by atoms with Crippen molar-refractivity contribution in [3.8, 4) is 0 Å². The molecule has 0 bridgehead atoms. The Morgan fingerprint density at radius 1 is 1.14 bits per heavy atom. The zero-order valence-corrected chi connectivity index (χ0v) is 16.4. The molecule has 0 radical (unpaired) electrons. The van der Waals surface area contributed by atoms with Crippen LogP contribution < -0.4 is 11.1 Å². The molecule has 1 fully saturated rings. The lowest BCUT2D eigenvalue weighted by Gasteiger charge is -2.26. The molecule has 2 aromatic carbocycles. The molecule has 148 valence electrons. The molecular weight excluding hydrogens is 352 g/mol. The quantitative estimate of drug-likeness (QED) is 0.439. The number of carbonyl (C=O) groups is 1. The molecule has 0 unspecified atom stereocenters. The van der Waals surface area contributed by atoms with Gasteiger partial charge in [-0.1, -0.05) is 47.5 Å². The smallest absolute Gasteiger partial charge is 0.265 e. The van der Waals surface area contributed by atoms with E-state index >= 15 is 0 Å². The minimum absolute atomic E-state index is 0.192. The maximum Gasteiger partial charge on any atom is 0.265 e. The summed E-state index contributed by atoms with van der Waals surface area (Å²) < 4.78 is 0. The van der Waals surface area contributed by atoms with Gasteiger partial charge in [0, 0.05) is 17.8 Å². The molecule has 1 saturated heterocycles. The lowest BCUT2D eigenvalue weighted by Crippen LogP contribution is -2.29. The minimum Gasteiger partial charge on any atom is -0.384 e. The van der Waals surface area contributed by atoms with E-state index in [0.29, 0.717) is 0 Å². The summed E-state index contributed by atoms with van der Waals surface area (Å²) in [7, 11) is 0. The van der Waals surface area contributed by atoms with Crippen LogP contribution in [-0.4, -0.2) is 36.3 Å². The molecule has 1 amide bonds. The van der Waals surface area contributed by atoms with E-state index in [9.17, 15) is 4.79 Å². The van der Waals surface area contributed by atoms with E-state index in [4.69, 9.17) is 10.6 Å². The van der Waals surface area contributed by atoms with Crippen LogP contribution in [0, 0.1) is 6.92 Å². The van der Waals surface area contributed by atoms with Gasteiger partial charge in [-0.05, 0) is 56.6 Å². The topological polar surface area (TPSA) is 79.9 Å². The number of anilines is 1. The van der Waals surface area contributed by atoms with Crippen LogP contribution in [0.1, 0.15) is 36.0 Å². The molecule has 6 nitrogen and oxygen atoms in total. The predicted molar refractivity (Wildman–Crippen MR) is 112 cm³/mol. The van der Waals surface area contributed by atoms with Crippen LogP contribution >= 0.6 is 0 Å². The molecule has 0 aromatic heterocycles. The van der Waals surface area contributed by atoms with Gasteiger partial charge in [0.15, 0.2) is 12.4 Å². The highest BCUT2D eigenvalue weighted by molar-refractivity contribution is 5.97. The van der Waals surface area contributed by atoms with Crippen molar-refractivity contribution in [1.82, 2.24) is 4.90 Å². The summed E-state index contributed by atoms with van der Waals surface area (Å²) in [5.74, 6) is -0.0112. The number of nitrogens with one attached hydrogen (secondary N) is 1. The number of rotatable bonds is 7. The number of nitrogens with two attached hydrogens (primary N) is 1. The fourth-order valence-corrected chi connectivity index (χ4v) is 3.25. The number of carbonyl (C=O) groups excluding carboxylic acids is 1. The van der Waals surface area contributed by atoms with Crippen molar-refractivity contribution in [3.63, 3.8) is 0 Å². The first-order valence-electron chi connectivity index (χ1n) is 9.74. The summed E-state index contributed by atoms with van der Waals surface area (Å²) in [4.78, 5) is 19.5. The van der Waals surface area contributed by atoms with Crippen molar-refractivity contribution in [2.24, 2.45) is 10.9 Å². The summed E-state index contributed by atoms with van der Waals surface area (Å²) in [6.07, 6.45) is 3.86. The standard InChI is InChI=1S/C22H28N4O2/c1-17-8-10-20(11-9-17)24-21(27)16-28-25-22(23)19-7-5-6-18(14-19)15-26-12-3-2-4-13-26/h5-11,14H,2-4,12-13,15-16H2,1H3,(H2,23,25)(H,24,27). The molecule has 3 N–H and O–H groups in total. The summed E-state index contributed by atoms with van der Waals surface area (Å²) >= 11 is 0. The first-order valence-corrected chi connectivity index (χ1v) is 9.74. The number of oxime groups is 1. The average Bonchev–Trinajstić information content (AvgIpc) is 2.71. The second kappa shape index (κ2) is 9.90. The Morgan fingerprint density at radius 2 is 1.89 bits per heavy atom. The number of amides is 1. The van der Waals surface area contributed by atoms with Crippen molar-refractivity contribution in [1.29, 1.82) is 0 Å². The number of hydrogen-bond acceptors (Lipinski definition) is 4. The molecule has 1 aliphatic rings. The van der Waals surface area contributed by atoms with Gasteiger partial charge in [-0.25, -0.2) is 0 Å². The number of hydrogen-bond donors (Lipinski definition) is 2. The molecule has 28 heavy (non-hydrogen) atoms. The normalized spacial score (nSPS) is 15.2. The highest BCUT2D eigenvalue weighted by Crippen LogP contribution is 2.14. The third-order valence-corrected chi connectivity index (χ3v) is 4.77. The monoisotopic (exact) mass is 380 g/mol. The van der Waals surface area contributed by atoms with Crippen molar-refractivity contribution in [2.75, 3.05) is 25.0 Å². The van der Waals surface area contributed by atoms with Crippen LogP contribution in [0.3, 0.4) is 0 Å². The molecule has 1 heterocycles. The molecule has 3 rings (SSSR count). The largest absolute Gasteiger partial charge is 0.384 e. The molecule has 1 aliphatic heterocycles. The van der Waals surface area contributed by atoms with Gasteiger partial charge in [-0.15, -0.1) is 0 Å². The lowest BCUT2D eigenvalue weighted by atomic mass is 10.1. The molecule has 6 heteroatoms. The van der Waals surface area contributed by atoms with Crippen LogP contribution in [0.15, 0.2) is 53.7 Å². The molecule has 2 aromatic rings. The van der Waals surface area contributed by atoms with Crippen LogP contribution in [0.5, 0.6) is 0 Å². The lowest BCUT2D eigenvalue weighted by molar-refractivity contribution is -0.120. The van der Waals surface area contributed by atoms with Gasteiger partial charge in [-0.2, -0.15) is 0 Å². The molecule has 0 aliphatic carbocycles. The van der Waals surface area contributed by atoms with Crippen molar-refractivity contribution >= 4 is 17.4 Å². The Kier molecular flexibility index (Phi) is 7.03. The van der Waals surface area contributed by atoms with Gasteiger partial charge in [-0.3, -0.25) is 9.69 Å². The number of nitrogens with zero attached hydrogens (tertiary/aromatic N) is 2. The third-order valence-electron chi connectivity index (χ3n) is 4.77. The fourth-order valence-electron chi connectivity index (χ4n) is 3.25. The van der Waals surface area contributed by atoms with E-state index in [-0.39, 0.29) is 18.3 Å². The van der Waals surface area contributed by atoms with Crippen LogP contribution in [0.4, 0.5) is 5.69 Å². The maximum absolute atomic E-state index is 11.9. The number of amidine groups is 1. The van der Waals surface area contributed by atoms with Crippen LogP contribution in [-0.2, 0) is 16.2 Å². The van der Waals surface area contributed by atoms with E-state index in [1.165, 1.54) is 24.8 Å². The van der Waals surface area contributed by atoms with Gasteiger partial charge in [0.2, 0.25) is 0 Å². The van der Waals surface area contributed by atoms with Crippen molar-refractivity contribution in [2.45, 2.75) is 32.7 Å². The van der Waals surface area contributed by atoms with Crippen LogP contribution in [0.25, 0.3) is 0 Å². The summed E-state index contributed by atoms with van der Waals surface area (Å²) in [5.41, 5.74) is 9.89. The highest BCUT2D eigenvalue weighted by atomic mass is 16.6. The fraction of sp³-hybridized carbons (Fsp3) is 0.364. The predicted octanol–water partition coefficient (Wildman–Crippen LogP) is 3.26. The Balaban J connectivity index is 1.50. The molecular formula is C22H28N4O2. The first kappa shape index (κ1) is 19.9. The number of benzene rings is 2. The Bertz CT molecular complexity index is 812. The second-order valence-electron chi connectivity index (χ2n) is 7.20. The Labute approximate surface area is 166 Å².